The highest BCUT2D eigenvalue weighted by atomic mass is 16.5. The van der Waals surface area contributed by atoms with Crippen molar-refractivity contribution in [2.75, 3.05) is 11.9 Å². The van der Waals surface area contributed by atoms with Crippen molar-refractivity contribution in [3.05, 3.63) is 30.1 Å². The van der Waals surface area contributed by atoms with Crippen LogP contribution in [0.15, 0.2) is 24.5 Å². The average Bonchev–Trinajstić information content (AvgIpc) is 2.85. The lowest BCUT2D eigenvalue weighted by atomic mass is 10.1. The molecule has 19 heavy (non-hydrogen) atoms. The number of aromatic nitrogens is 4. The fraction of sp³-hybridized carbons (Fsp3) is 0.333. The molecule has 0 aromatic carbocycles. The smallest absolute Gasteiger partial charge is 0.337 e. The number of carbonyl (C=O) groups is 1. The molecule has 0 aliphatic rings. The van der Waals surface area contributed by atoms with Crippen LogP contribution < -0.4 is 10.1 Å². The molecular formula is C12H15N5O2. The first-order valence-electron chi connectivity index (χ1n) is 6.02. The zero-order valence-corrected chi connectivity index (χ0v) is 10.6. The SMILES string of the molecule is CCOc1n[nH]c(NC(=O)CCc2ccncc2)n1. The first-order chi connectivity index (χ1) is 9.28. The molecule has 0 unspecified atom stereocenters. The molecule has 0 bridgehead atoms. The Kier molecular flexibility index (Phi) is 4.44. The van der Waals surface area contributed by atoms with Gasteiger partial charge in [0.2, 0.25) is 11.9 Å². The summed E-state index contributed by atoms with van der Waals surface area (Å²) >= 11 is 0. The fourth-order valence-electron chi connectivity index (χ4n) is 1.50. The summed E-state index contributed by atoms with van der Waals surface area (Å²) in [5, 5.41) is 9.01. The first-order valence-corrected chi connectivity index (χ1v) is 6.02. The highest BCUT2D eigenvalue weighted by Crippen LogP contribution is 2.07. The maximum atomic E-state index is 11.7. The molecule has 7 heteroatoms. The third-order valence-corrected chi connectivity index (χ3v) is 2.39. The van der Waals surface area contributed by atoms with Crippen molar-refractivity contribution in [1.29, 1.82) is 0 Å². The van der Waals surface area contributed by atoms with Gasteiger partial charge in [-0.25, -0.2) is 5.10 Å². The van der Waals surface area contributed by atoms with Gasteiger partial charge in [-0.2, -0.15) is 4.98 Å². The van der Waals surface area contributed by atoms with Crippen molar-refractivity contribution in [1.82, 2.24) is 20.2 Å². The third-order valence-electron chi connectivity index (χ3n) is 2.39. The van der Waals surface area contributed by atoms with Gasteiger partial charge in [-0.3, -0.25) is 15.1 Å². The van der Waals surface area contributed by atoms with Gasteiger partial charge >= 0.3 is 6.01 Å². The van der Waals surface area contributed by atoms with Crippen molar-refractivity contribution in [3.8, 4) is 6.01 Å². The molecule has 0 spiro atoms. The Bertz CT molecular complexity index is 526. The van der Waals surface area contributed by atoms with Crippen LogP contribution in [0.5, 0.6) is 6.01 Å². The molecule has 0 saturated heterocycles. The summed E-state index contributed by atoms with van der Waals surface area (Å²) in [6.45, 7) is 2.32. The number of carbonyl (C=O) groups excluding carboxylic acids is 1. The number of pyridine rings is 1. The van der Waals surface area contributed by atoms with E-state index >= 15 is 0 Å². The summed E-state index contributed by atoms with van der Waals surface area (Å²) in [5.41, 5.74) is 1.07. The normalized spacial score (nSPS) is 10.2. The van der Waals surface area contributed by atoms with Crippen LogP contribution in [0.2, 0.25) is 0 Å². The number of aryl methyl sites for hydroxylation is 1. The van der Waals surface area contributed by atoms with E-state index in [1.165, 1.54) is 0 Å². The number of hydrogen-bond acceptors (Lipinski definition) is 5. The zero-order valence-electron chi connectivity index (χ0n) is 10.6. The Balaban J connectivity index is 1.80. The molecular weight excluding hydrogens is 246 g/mol. The number of H-pyrrole nitrogens is 1. The van der Waals surface area contributed by atoms with Gasteiger partial charge in [-0.15, -0.1) is 5.10 Å². The standard InChI is InChI=1S/C12H15N5O2/c1-2-19-12-15-11(16-17-12)14-10(18)4-3-9-5-7-13-8-6-9/h5-8H,2-4H2,1H3,(H2,14,15,16,17,18). The summed E-state index contributed by atoms with van der Waals surface area (Å²) < 4.78 is 5.09. The number of amides is 1. The van der Waals surface area contributed by atoms with E-state index in [1.807, 2.05) is 19.1 Å². The van der Waals surface area contributed by atoms with Crippen LogP contribution in [0.25, 0.3) is 0 Å². The molecule has 2 N–H and O–H groups in total. The zero-order chi connectivity index (χ0) is 13.5. The fourth-order valence-corrected chi connectivity index (χ4v) is 1.50. The largest absolute Gasteiger partial charge is 0.463 e. The van der Waals surface area contributed by atoms with E-state index in [0.29, 0.717) is 25.4 Å². The van der Waals surface area contributed by atoms with Crippen molar-refractivity contribution >= 4 is 11.9 Å². The Hall–Kier alpha value is -2.44. The molecule has 2 aromatic rings. The van der Waals surface area contributed by atoms with Crippen molar-refractivity contribution < 1.29 is 9.53 Å². The molecule has 0 atom stereocenters. The summed E-state index contributed by atoms with van der Waals surface area (Å²) in [5.74, 6) is 0.166. The average molecular weight is 261 g/mol. The second-order valence-corrected chi connectivity index (χ2v) is 3.80. The maximum absolute atomic E-state index is 11.7. The van der Waals surface area contributed by atoms with E-state index in [4.69, 9.17) is 4.74 Å². The molecule has 0 radical (unpaired) electrons. The summed E-state index contributed by atoms with van der Waals surface area (Å²) in [6, 6.07) is 4.00. The van der Waals surface area contributed by atoms with Gasteiger partial charge in [0.1, 0.15) is 0 Å². The van der Waals surface area contributed by atoms with Gasteiger partial charge in [0.05, 0.1) is 6.61 Å². The number of nitrogens with zero attached hydrogens (tertiary/aromatic N) is 3. The summed E-state index contributed by atoms with van der Waals surface area (Å²) in [7, 11) is 0. The van der Waals surface area contributed by atoms with E-state index < -0.39 is 0 Å². The molecule has 2 heterocycles. The predicted molar refractivity (Wildman–Crippen MR) is 68.7 cm³/mol. The van der Waals surface area contributed by atoms with Gasteiger partial charge in [-0.1, -0.05) is 0 Å². The van der Waals surface area contributed by atoms with Crippen LogP contribution in [0.3, 0.4) is 0 Å². The van der Waals surface area contributed by atoms with E-state index in [1.54, 1.807) is 12.4 Å². The van der Waals surface area contributed by atoms with Crippen LogP contribution in [-0.4, -0.2) is 32.7 Å². The first kappa shape index (κ1) is 13.0. The molecule has 0 aliphatic heterocycles. The van der Waals surface area contributed by atoms with E-state index in [9.17, 15) is 4.79 Å². The van der Waals surface area contributed by atoms with E-state index in [-0.39, 0.29) is 11.9 Å². The molecule has 100 valence electrons. The molecule has 0 aliphatic carbocycles. The molecule has 2 aromatic heterocycles. The highest BCUT2D eigenvalue weighted by Gasteiger charge is 2.07. The van der Waals surface area contributed by atoms with Gasteiger partial charge in [-0.05, 0) is 31.0 Å². The van der Waals surface area contributed by atoms with E-state index in [2.05, 4.69) is 25.5 Å². The molecule has 0 saturated carbocycles. The molecule has 0 fully saturated rings. The minimum Gasteiger partial charge on any atom is -0.463 e. The Morgan fingerprint density at radius 1 is 1.42 bits per heavy atom. The number of rotatable bonds is 6. The summed E-state index contributed by atoms with van der Waals surface area (Å²) in [6.07, 6.45) is 4.44. The van der Waals surface area contributed by atoms with Crippen molar-refractivity contribution in [2.45, 2.75) is 19.8 Å². The monoisotopic (exact) mass is 261 g/mol. The second kappa shape index (κ2) is 6.48. The number of nitrogens with one attached hydrogen (secondary N) is 2. The minimum atomic E-state index is -0.129. The van der Waals surface area contributed by atoms with Crippen LogP contribution in [0.4, 0.5) is 5.95 Å². The van der Waals surface area contributed by atoms with Crippen LogP contribution in [0, 0.1) is 0 Å². The summed E-state index contributed by atoms with van der Waals surface area (Å²) in [4.78, 5) is 19.6. The Labute approximate surface area is 110 Å². The lowest BCUT2D eigenvalue weighted by Crippen LogP contribution is -2.13. The van der Waals surface area contributed by atoms with Gasteiger partial charge in [0, 0.05) is 18.8 Å². The predicted octanol–water partition coefficient (Wildman–Crippen LogP) is 1.17. The van der Waals surface area contributed by atoms with Crippen LogP contribution in [0.1, 0.15) is 18.9 Å². The molecule has 2 rings (SSSR count). The lowest BCUT2D eigenvalue weighted by Gasteiger charge is -2.01. The molecule has 7 nitrogen and oxygen atoms in total. The lowest BCUT2D eigenvalue weighted by molar-refractivity contribution is -0.116. The Morgan fingerprint density at radius 2 is 2.21 bits per heavy atom. The minimum absolute atomic E-state index is 0.129. The van der Waals surface area contributed by atoms with Crippen LogP contribution in [-0.2, 0) is 11.2 Å². The van der Waals surface area contributed by atoms with Gasteiger partial charge in [0.15, 0.2) is 0 Å². The van der Waals surface area contributed by atoms with Crippen molar-refractivity contribution in [3.63, 3.8) is 0 Å². The third kappa shape index (κ3) is 4.06. The van der Waals surface area contributed by atoms with E-state index in [0.717, 1.165) is 5.56 Å². The maximum Gasteiger partial charge on any atom is 0.337 e. The van der Waals surface area contributed by atoms with Gasteiger partial charge < -0.3 is 4.74 Å². The van der Waals surface area contributed by atoms with Gasteiger partial charge in [0.25, 0.3) is 0 Å². The van der Waals surface area contributed by atoms with Crippen molar-refractivity contribution in [2.24, 2.45) is 0 Å². The Morgan fingerprint density at radius 3 is 2.95 bits per heavy atom. The number of hydrogen-bond donors (Lipinski definition) is 2. The van der Waals surface area contributed by atoms with Crippen LogP contribution >= 0.6 is 0 Å². The number of aromatic amines is 1. The quantitative estimate of drug-likeness (QED) is 0.814. The topological polar surface area (TPSA) is 92.8 Å². The highest BCUT2D eigenvalue weighted by molar-refractivity contribution is 5.89. The number of ether oxygens (including phenoxy) is 1. The molecule has 1 amide bonds. The second-order valence-electron chi connectivity index (χ2n) is 3.80. The number of anilines is 1.